The van der Waals surface area contributed by atoms with Crippen LogP contribution in [0.3, 0.4) is 0 Å². The van der Waals surface area contributed by atoms with E-state index in [4.69, 9.17) is 9.73 Å². The van der Waals surface area contributed by atoms with E-state index in [2.05, 4.69) is 51.1 Å². The predicted molar refractivity (Wildman–Crippen MR) is 123 cm³/mol. The van der Waals surface area contributed by atoms with Crippen molar-refractivity contribution in [2.45, 2.75) is 65.8 Å². The summed E-state index contributed by atoms with van der Waals surface area (Å²) >= 11 is 0. The first kappa shape index (κ1) is 24.6. The molecule has 0 aliphatic carbocycles. The van der Waals surface area contributed by atoms with Gasteiger partial charge in [-0.15, -0.1) is 10.2 Å². The van der Waals surface area contributed by atoms with E-state index < -0.39 is 0 Å². The quantitative estimate of drug-likeness (QED) is 0.273. The zero-order valence-electron chi connectivity index (χ0n) is 19.4. The average molecular weight is 422 g/mol. The summed E-state index contributed by atoms with van der Waals surface area (Å²) in [4.78, 5) is 7.25. The molecule has 2 heterocycles. The van der Waals surface area contributed by atoms with Gasteiger partial charge in [0.15, 0.2) is 5.96 Å². The smallest absolute Gasteiger partial charge is 0.191 e. The van der Waals surface area contributed by atoms with Crippen LogP contribution in [0.2, 0.25) is 0 Å². The number of aromatic nitrogens is 3. The molecule has 2 N–H and O–H groups in total. The summed E-state index contributed by atoms with van der Waals surface area (Å²) in [6.07, 6.45) is 9.10. The van der Waals surface area contributed by atoms with Crippen molar-refractivity contribution in [1.29, 1.82) is 0 Å². The summed E-state index contributed by atoms with van der Waals surface area (Å²) in [6, 6.07) is 0. The SMILES string of the molecule is CCc1nncn1CCNC(=NCCCCCCC(C)C)NCCN1CCOCC1. The maximum absolute atomic E-state index is 5.43. The summed E-state index contributed by atoms with van der Waals surface area (Å²) in [5.41, 5.74) is 0. The number of guanidine groups is 1. The van der Waals surface area contributed by atoms with Crippen LogP contribution >= 0.6 is 0 Å². The van der Waals surface area contributed by atoms with Gasteiger partial charge in [0.05, 0.1) is 13.2 Å². The Labute approximate surface area is 182 Å². The predicted octanol–water partition coefficient (Wildman–Crippen LogP) is 2.31. The fraction of sp³-hybridized carbons (Fsp3) is 0.864. The molecular weight excluding hydrogens is 378 g/mol. The van der Waals surface area contributed by atoms with Gasteiger partial charge in [0.25, 0.3) is 0 Å². The Morgan fingerprint density at radius 2 is 1.83 bits per heavy atom. The Morgan fingerprint density at radius 1 is 1.10 bits per heavy atom. The molecule has 0 spiro atoms. The number of ether oxygens (including phenoxy) is 1. The van der Waals surface area contributed by atoms with E-state index in [9.17, 15) is 0 Å². The highest BCUT2D eigenvalue weighted by Gasteiger charge is 2.10. The van der Waals surface area contributed by atoms with E-state index in [1.165, 1.54) is 25.7 Å². The van der Waals surface area contributed by atoms with E-state index in [1.807, 2.05) is 0 Å². The van der Waals surface area contributed by atoms with Crippen molar-refractivity contribution in [3.05, 3.63) is 12.2 Å². The summed E-state index contributed by atoms with van der Waals surface area (Å²) in [5.74, 6) is 2.75. The van der Waals surface area contributed by atoms with Gasteiger partial charge in [-0.1, -0.05) is 46.5 Å². The van der Waals surface area contributed by atoms with Gasteiger partial charge < -0.3 is 19.9 Å². The van der Waals surface area contributed by atoms with E-state index >= 15 is 0 Å². The van der Waals surface area contributed by atoms with Crippen LogP contribution in [0.5, 0.6) is 0 Å². The van der Waals surface area contributed by atoms with Crippen LogP contribution in [0.15, 0.2) is 11.3 Å². The van der Waals surface area contributed by atoms with Gasteiger partial charge in [0, 0.05) is 52.2 Å². The van der Waals surface area contributed by atoms with Crippen molar-refractivity contribution < 1.29 is 4.74 Å². The van der Waals surface area contributed by atoms with E-state index in [-0.39, 0.29) is 0 Å². The van der Waals surface area contributed by atoms with Gasteiger partial charge in [0.2, 0.25) is 0 Å². The number of unbranched alkanes of at least 4 members (excludes halogenated alkanes) is 3. The van der Waals surface area contributed by atoms with Crippen LogP contribution in [-0.2, 0) is 17.7 Å². The van der Waals surface area contributed by atoms with E-state index in [1.54, 1.807) is 6.33 Å². The van der Waals surface area contributed by atoms with Crippen LogP contribution in [0.25, 0.3) is 0 Å². The van der Waals surface area contributed by atoms with Crippen molar-refractivity contribution >= 4 is 5.96 Å². The summed E-state index contributed by atoms with van der Waals surface area (Å²) in [5, 5.41) is 15.2. The third-order valence-corrected chi connectivity index (χ3v) is 5.44. The van der Waals surface area contributed by atoms with Crippen LogP contribution in [0.4, 0.5) is 0 Å². The number of nitrogens with one attached hydrogen (secondary N) is 2. The number of hydrogen-bond donors (Lipinski definition) is 2. The lowest BCUT2D eigenvalue weighted by Gasteiger charge is -2.26. The molecule has 8 heteroatoms. The molecule has 1 aliphatic rings. The third kappa shape index (κ3) is 10.4. The lowest BCUT2D eigenvalue weighted by Crippen LogP contribution is -2.45. The first-order chi connectivity index (χ1) is 14.7. The van der Waals surface area contributed by atoms with Crippen LogP contribution in [-0.4, -0.2) is 78.1 Å². The third-order valence-electron chi connectivity index (χ3n) is 5.44. The number of aliphatic imine (C=N–C) groups is 1. The van der Waals surface area contributed by atoms with Crippen molar-refractivity contribution in [3.63, 3.8) is 0 Å². The number of nitrogens with zero attached hydrogens (tertiary/aromatic N) is 5. The van der Waals surface area contributed by atoms with Gasteiger partial charge in [0.1, 0.15) is 12.2 Å². The monoisotopic (exact) mass is 421 g/mol. The Balaban J connectivity index is 1.71. The molecule has 2 rings (SSSR count). The van der Waals surface area contributed by atoms with Crippen LogP contribution in [0.1, 0.15) is 58.7 Å². The number of aryl methyl sites for hydroxylation is 1. The molecule has 1 aliphatic heterocycles. The molecule has 1 aromatic heterocycles. The molecule has 0 amide bonds. The standard InChI is InChI=1S/C22H43N7O/c1-4-21-27-26-19-29(21)14-12-25-22(23-10-8-6-5-7-9-20(2)3)24-11-13-28-15-17-30-18-16-28/h19-20H,4-18H2,1-3H3,(H2,23,24,25). The summed E-state index contributed by atoms with van der Waals surface area (Å²) < 4.78 is 7.53. The molecule has 172 valence electrons. The summed E-state index contributed by atoms with van der Waals surface area (Å²) in [6.45, 7) is 14.9. The van der Waals surface area contributed by atoms with Crippen LogP contribution < -0.4 is 10.6 Å². The molecular formula is C22H43N7O. The minimum atomic E-state index is 0.808. The zero-order chi connectivity index (χ0) is 21.4. The van der Waals surface area contributed by atoms with Gasteiger partial charge >= 0.3 is 0 Å². The highest BCUT2D eigenvalue weighted by molar-refractivity contribution is 5.79. The lowest BCUT2D eigenvalue weighted by atomic mass is 10.0. The molecule has 0 atom stereocenters. The van der Waals surface area contributed by atoms with E-state index in [0.29, 0.717) is 0 Å². The van der Waals surface area contributed by atoms with E-state index in [0.717, 1.165) is 89.6 Å². The van der Waals surface area contributed by atoms with Gasteiger partial charge in [-0.3, -0.25) is 9.89 Å². The van der Waals surface area contributed by atoms with Gasteiger partial charge in [-0.05, 0) is 12.3 Å². The number of morpholine rings is 1. The fourth-order valence-corrected chi connectivity index (χ4v) is 3.57. The first-order valence-corrected chi connectivity index (χ1v) is 11.9. The molecule has 0 unspecified atom stereocenters. The number of hydrogen-bond acceptors (Lipinski definition) is 5. The second-order valence-corrected chi connectivity index (χ2v) is 8.43. The highest BCUT2D eigenvalue weighted by atomic mass is 16.5. The van der Waals surface area contributed by atoms with Crippen molar-refractivity contribution in [2.75, 3.05) is 52.5 Å². The minimum Gasteiger partial charge on any atom is -0.379 e. The zero-order valence-corrected chi connectivity index (χ0v) is 19.4. The Bertz CT molecular complexity index is 582. The normalized spacial score (nSPS) is 15.7. The second-order valence-electron chi connectivity index (χ2n) is 8.43. The second kappa shape index (κ2) is 15.2. The lowest BCUT2D eigenvalue weighted by molar-refractivity contribution is 0.0389. The topological polar surface area (TPSA) is 79.6 Å². The molecule has 0 radical (unpaired) electrons. The Kier molecular flexibility index (Phi) is 12.4. The fourth-order valence-electron chi connectivity index (χ4n) is 3.57. The highest BCUT2D eigenvalue weighted by Crippen LogP contribution is 2.09. The van der Waals surface area contributed by atoms with Gasteiger partial charge in [-0.2, -0.15) is 0 Å². The molecule has 0 bridgehead atoms. The first-order valence-electron chi connectivity index (χ1n) is 11.9. The number of rotatable bonds is 14. The molecule has 1 fully saturated rings. The molecule has 1 aromatic rings. The van der Waals surface area contributed by atoms with Crippen molar-refractivity contribution in [3.8, 4) is 0 Å². The Hall–Kier alpha value is -1.67. The van der Waals surface area contributed by atoms with Crippen molar-refractivity contribution in [1.82, 2.24) is 30.3 Å². The molecule has 8 nitrogen and oxygen atoms in total. The largest absolute Gasteiger partial charge is 0.379 e. The molecule has 0 aromatic carbocycles. The molecule has 0 saturated carbocycles. The van der Waals surface area contributed by atoms with Gasteiger partial charge in [-0.25, -0.2) is 0 Å². The maximum Gasteiger partial charge on any atom is 0.191 e. The summed E-state index contributed by atoms with van der Waals surface area (Å²) in [7, 11) is 0. The average Bonchev–Trinajstić information content (AvgIpc) is 3.20. The maximum atomic E-state index is 5.43. The minimum absolute atomic E-state index is 0.808. The molecule has 1 saturated heterocycles. The van der Waals surface area contributed by atoms with Crippen LogP contribution in [0, 0.1) is 5.92 Å². The Morgan fingerprint density at radius 3 is 2.57 bits per heavy atom. The molecule has 30 heavy (non-hydrogen) atoms. The van der Waals surface area contributed by atoms with Crippen molar-refractivity contribution in [2.24, 2.45) is 10.9 Å².